The number of thiazole rings is 1. The van der Waals surface area contributed by atoms with Gasteiger partial charge in [0.1, 0.15) is 0 Å². The monoisotopic (exact) mass is 546 g/mol. The molecule has 0 aliphatic rings. The third kappa shape index (κ3) is 6.40. The standard InChI is InChI=1S/C23H20Cl2N6O2S2/c1-2-31-19(11-26-21(33)16-9-8-15(24)10-17(16)25)29-30-23(31)35-13-20(32)28-22-27-18(12-34-22)14-6-4-3-5-7-14/h3-10,12H,2,11,13H2,1H3,(H,26,33)(H,27,28,32). The predicted molar refractivity (Wildman–Crippen MR) is 140 cm³/mol. The van der Waals surface area contributed by atoms with Crippen LogP contribution < -0.4 is 10.6 Å². The number of hydrogen-bond donors (Lipinski definition) is 2. The van der Waals surface area contributed by atoms with E-state index in [2.05, 4.69) is 25.8 Å². The van der Waals surface area contributed by atoms with E-state index in [-0.39, 0.29) is 29.1 Å². The number of anilines is 1. The summed E-state index contributed by atoms with van der Waals surface area (Å²) in [6.07, 6.45) is 0. The fourth-order valence-electron chi connectivity index (χ4n) is 3.16. The fraction of sp³-hybridized carbons (Fsp3) is 0.174. The van der Waals surface area contributed by atoms with Gasteiger partial charge in [-0.3, -0.25) is 9.59 Å². The molecule has 35 heavy (non-hydrogen) atoms. The van der Waals surface area contributed by atoms with Gasteiger partial charge in [0.25, 0.3) is 5.91 Å². The molecule has 180 valence electrons. The molecule has 4 rings (SSSR count). The average Bonchev–Trinajstić information content (AvgIpc) is 3.48. The van der Waals surface area contributed by atoms with Gasteiger partial charge in [0.2, 0.25) is 5.91 Å². The summed E-state index contributed by atoms with van der Waals surface area (Å²) in [5.41, 5.74) is 2.13. The third-order valence-corrected chi connectivity index (χ3v) is 7.12. The van der Waals surface area contributed by atoms with Gasteiger partial charge in [-0.2, -0.15) is 0 Å². The van der Waals surface area contributed by atoms with Crippen LogP contribution in [0.15, 0.2) is 59.1 Å². The number of benzene rings is 2. The van der Waals surface area contributed by atoms with Gasteiger partial charge in [-0.05, 0) is 25.1 Å². The second kappa shape index (κ2) is 11.7. The Labute approximate surface area is 220 Å². The lowest BCUT2D eigenvalue weighted by atomic mass is 10.2. The van der Waals surface area contributed by atoms with Gasteiger partial charge in [0.15, 0.2) is 16.1 Å². The van der Waals surface area contributed by atoms with Gasteiger partial charge in [-0.25, -0.2) is 4.98 Å². The molecule has 2 aromatic carbocycles. The fourth-order valence-corrected chi connectivity index (χ4v) is 5.21. The first-order valence-corrected chi connectivity index (χ1v) is 13.2. The van der Waals surface area contributed by atoms with E-state index in [1.54, 1.807) is 12.1 Å². The Morgan fingerprint density at radius 1 is 1.11 bits per heavy atom. The van der Waals surface area contributed by atoms with Gasteiger partial charge in [0.05, 0.1) is 28.6 Å². The van der Waals surface area contributed by atoms with Crippen molar-refractivity contribution in [1.82, 2.24) is 25.1 Å². The van der Waals surface area contributed by atoms with Crippen molar-refractivity contribution < 1.29 is 9.59 Å². The van der Waals surface area contributed by atoms with Crippen molar-refractivity contribution in [3.05, 3.63) is 75.3 Å². The van der Waals surface area contributed by atoms with Crippen molar-refractivity contribution in [2.24, 2.45) is 0 Å². The maximum Gasteiger partial charge on any atom is 0.253 e. The molecule has 2 N–H and O–H groups in total. The van der Waals surface area contributed by atoms with Gasteiger partial charge in [0, 0.05) is 22.5 Å². The molecule has 0 aliphatic carbocycles. The van der Waals surface area contributed by atoms with Gasteiger partial charge >= 0.3 is 0 Å². The van der Waals surface area contributed by atoms with Crippen LogP contribution in [0.4, 0.5) is 5.13 Å². The SMILES string of the molecule is CCn1c(CNC(=O)c2ccc(Cl)cc2Cl)nnc1SCC(=O)Nc1nc(-c2ccccc2)cs1. The van der Waals surface area contributed by atoms with Crippen molar-refractivity contribution in [2.75, 3.05) is 11.1 Å². The van der Waals surface area contributed by atoms with E-state index in [0.29, 0.717) is 33.2 Å². The van der Waals surface area contributed by atoms with Crippen LogP contribution in [0.5, 0.6) is 0 Å². The lowest BCUT2D eigenvalue weighted by Crippen LogP contribution is -2.25. The zero-order chi connectivity index (χ0) is 24.8. The predicted octanol–water partition coefficient (Wildman–Crippen LogP) is 5.39. The van der Waals surface area contributed by atoms with Crippen LogP contribution in [-0.2, 0) is 17.9 Å². The molecule has 4 aromatic rings. The second-order valence-corrected chi connectivity index (χ2v) is 9.83. The molecule has 0 saturated carbocycles. The Morgan fingerprint density at radius 3 is 2.66 bits per heavy atom. The first-order valence-electron chi connectivity index (χ1n) is 10.5. The quantitative estimate of drug-likeness (QED) is 0.273. The van der Waals surface area contributed by atoms with Crippen molar-refractivity contribution in [3.8, 4) is 11.3 Å². The topological polar surface area (TPSA) is 102 Å². The van der Waals surface area contributed by atoms with Gasteiger partial charge < -0.3 is 15.2 Å². The van der Waals surface area contributed by atoms with E-state index in [0.717, 1.165) is 11.3 Å². The molecule has 8 nitrogen and oxygen atoms in total. The molecule has 2 amide bonds. The zero-order valence-corrected chi connectivity index (χ0v) is 21.6. The highest BCUT2D eigenvalue weighted by atomic mass is 35.5. The third-order valence-electron chi connectivity index (χ3n) is 4.84. The number of aromatic nitrogens is 4. The second-order valence-electron chi connectivity index (χ2n) is 7.19. The number of thioether (sulfide) groups is 1. The van der Waals surface area contributed by atoms with E-state index in [1.807, 2.05) is 47.2 Å². The molecule has 0 spiro atoms. The van der Waals surface area contributed by atoms with E-state index in [1.165, 1.54) is 29.2 Å². The van der Waals surface area contributed by atoms with Crippen LogP contribution in [0.2, 0.25) is 10.0 Å². The first-order chi connectivity index (χ1) is 16.9. The van der Waals surface area contributed by atoms with Crippen molar-refractivity contribution in [2.45, 2.75) is 25.2 Å². The molecule has 0 unspecified atom stereocenters. The largest absolute Gasteiger partial charge is 0.345 e. The Bertz CT molecular complexity index is 1340. The minimum atomic E-state index is -0.343. The Hall–Kier alpha value is -2.92. The number of hydrogen-bond acceptors (Lipinski definition) is 7. The Balaban J connectivity index is 1.32. The number of carbonyl (C=O) groups is 2. The van der Waals surface area contributed by atoms with Crippen LogP contribution in [0.25, 0.3) is 11.3 Å². The highest BCUT2D eigenvalue weighted by molar-refractivity contribution is 7.99. The highest BCUT2D eigenvalue weighted by Gasteiger charge is 2.16. The Morgan fingerprint density at radius 2 is 1.91 bits per heavy atom. The summed E-state index contributed by atoms with van der Waals surface area (Å²) in [5, 5.41) is 17.7. The number of amides is 2. The van der Waals surface area contributed by atoms with Crippen LogP contribution >= 0.6 is 46.3 Å². The van der Waals surface area contributed by atoms with Crippen molar-refractivity contribution in [1.29, 1.82) is 0 Å². The lowest BCUT2D eigenvalue weighted by molar-refractivity contribution is -0.113. The molecular weight excluding hydrogens is 527 g/mol. The van der Waals surface area contributed by atoms with E-state index < -0.39 is 0 Å². The molecule has 0 fully saturated rings. The summed E-state index contributed by atoms with van der Waals surface area (Å²) in [7, 11) is 0. The number of rotatable bonds is 9. The lowest BCUT2D eigenvalue weighted by Gasteiger charge is -2.09. The van der Waals surface area contributed by atoms with Crippen molar-refractivity contribution >= 4 is 63.2 Å². The first kappa shape index (κ1) is 25.2. The van der Waals surface area contributed by atoms with Crippen LogP contribution in [0.1, 0.15) is 23.1 Å². The number of nitrogens with one attached hydrogen (secondary N) is 2. The number of carbonyl (C=O) groups excluding carboxylic acids is 2. The van der Waals surface area contributed by atoms with E-state index in [4.69, 9.17) is 23.2 Å². The minimum absolute atomic E-state index is 0.144. The molecule has 0 atom stereocenters. The molecule has 0 bridgehead atoms. The van der Waals surface area contributed by atoms with E-state index in [9.17, 15) is 9.59 Å². The summed E-state index contributed by atoms with van der Waals surface area (Å²) >= 11 is 14.6. The summed E-state index contributed by atoms with van der Waals surface area (Å²) in [6.45, 7) is 2.68. The molecule has 0 saturated heterocycles. The van der Waals surface area contributed by atoms with Crippen LogP contribution in [0, 0.1) is 0 Å². The minimum Gasteiger partial charge on any atom is -0.345 e. The maximum atomic E-state index is 12.5. The smallest absolute Gasteiger partial charge is 0.253 e. The molecule has 12 heteroatoms. The normalized spacial score (nSPS) is 10.8. The summed E-state index contributed by atoms with van der Waals surface area (Å²) in [4.78, 5) is 29.4. The molecule has 0 aliphatic heterocycles. The molecule has 0 radical (unpaired) electrons. The Kier molecular flexibility index (Phi) is 8.40. The molecule has 2 aromatic heterocycles. The van der Waals surface area contributed by atoms with Crippen molar-refractivity contribution in [3.63, 3.8) is 0 Å². The summed E-state index contributed by atoms with van der Waals surface area (Å²) in [6, 6.07) is 14.5. The highest BCUT2D eigenvalue weighted by Crippen LogP contribution is 2.25. The maximum absolute atomic E-state index is 12.5. The van der Waals surface area contributed by atoms with Gasteiger partial charge in [-0.1, -0.05) is 65.3 Å². The number of nitrogens with zero attached hydrogens (tertiary/aromatic N) is 4. The summed E-state index contributed by atoms with van der Waals surface area (Å²) < 4.78 is 1.85. The van der Waals surface area contributed by atoms with E-state index >= 15 is 0 Å². The zero-order valence-electron chi connectivity index (χ0n) is 18.5. The number of halogens is 2. The van der Waals surface area contributed by atoms with Gasteiger partial charge in [-0.15, -0.1) is 21.5 Å². The average molecular weight is 547 g/mol. The van der Waals surface area contributed by atoms with Crippen LogP contribution in [-0.4, -0.2) is 37.3 Å². The summed E-state index contributed by atoms with van der Waals surface area (Å²) in [5.74, 6) is 0.179. The van der Waals surface area contributed by atoms with Crippen LogP contribution in [0.3, 0.4) is 0 Å². The molecule has 2 heterocycles. The molecular formula is C23H20Cl2N6O2S2.